The molecule has 0 saturated carbocycles. The van der Waals surface area contributed by atoms with Crippen LogP contribution in [0.25, 0.3) is 0 Å². The summed E-state index contributed by atoms with van der Waals surface area (Å²) in [6.45, 7) is 1.68. The zero-order valence-corrected chi connectivity index (χ0v) is 11.6. The van der Waals surface area contributed by atoms with Crippen LogP contribution in [0.3, 0.4) is 0 Å². The number of thiophene rings is 1. The van der Waals surface area contributed by atoms with Crippen molar-refractivity contribution >= 4 is 17.2 Å². The fraction of sp³-hybridized carbons (Fsp3) is 0.357. The average Bonchev–Trinajstić information content (AvgIpc) is 3.08. The number of hydrogen-bond acceptors (Lipinski definition) is 4. The van der Waals surface area contributed by atoms with Gasteiger partial charge in [-0.3, -0.25) is 4.79 Å². The molecule has 5 heteroatoms. The molecule has 0 aliphatic carbocycles. The fourth-order valence-electron chi connectivity index (χ4n) is 1.82. The second kappa shape index (κ2) is 7.11. The van der Waals surface area contributed by atoms with Crippen LogP contribution < -0.4 is 5.73 Å². The van der Waals surface area contributed by atoms with E-state index < -0.39 is 0 Å². The Morgan fingerprint density at radius 2 is 2.21 bits per heavy atom. The molecule has 19 heavy (non-hydrogen) atoms. The minimum atomic E-state index is 0.121. The van der Waals surface area contributed by atoms with Crippen LogP contribution in [0.5, 0.6) is 0 Å². The molecule has 2 heterocycles. The Labute approximate surface area is 116 Å². The Hall–Kier alpha value is -1.59. The zero-order chi connectivity index (χ0) is 13.5. The Morgan fingerprint density at radius 1 is 1.32 bits per heavy atom. The molecule has 102 valence electrons. The normalized spacial score (nSPS) is 10.6. The van der Waals surface area contributed by atoms with Crippen LogP contribution in [-0.4, -0.2) is 17.4 Å². The molecule has 0 aromatic carbocycles. The summed E-state index contributed by atoms with van der Waals surface area (Å²) in [4.78, 5) is 15.2. The van der Waals surface area contributed by atoms with Gasteiger partial charge in [-0.25, -0.2) is 0 Å². The maximum Gasteiger partial charge on any atom is 0.223 e. The van der Waals surface area contributed by atoms with Gasteiger partial charge in [0.25, 0.3) is 0 Å². The molecular weight excluding hydrogens is 260 g/mol. The van der Waals surface area contributed by atoms with Crippen LogP contribution in [0.4, 0.5) is 0 Å². The lowest BCUT2D eigenvalue weighted by Gasteiger charge is -2.21. The molecule has 0 atom stereocenters. The molecule has 0 aliphatic heterocycles. The first-order valence-corrected chi connectivity index (χ1v) is 7.20. The molecule has 2 rings (SSSR count). The largest absolute Gasteiger partial charge is 0.467 e. The molecule has 2 N–H and O–H groups in total. The van der Waals surface area contributed by atoms with Crippen LogP contribution in [0, 0.1) is 0 Å². The maximum atomic E-state index is 12.2. The summed E-state index contributed by atoms with van der Waals surface area (Å²) in [5.41, 5.74) is 5.46. The van der Waals surface area contributed by atoms with Gasteiger partial charge in [0.15, 0.2) is 0 Å². The van der Waals surface area contributed by atoms with Gasteiger partial charge in [-0.15, -0.1) is 11.3 Å². The van der Waals surface area contributed by atoms with Crippen molar-refractivity contribution in [3.8, 4) is 0 Å². The van der Waals surface area contributed by atoms with Crippen molar-refractivity contribution < 1.29 is 9.21 Å². The minimum Gasteiger partial charge on any atom is -0.467 e. The van der Waals surface area contributed by atoms with Gasteiger partial charge in [0.2, 0.25) is 5.91 Å². The minimum absolute atomic E-state index is 0.121. The number of rotatable bonds is 7. The van der Waals surface area contributed by atoms with E-state index >= 15 is 0 Å². The molecule has 0 saturated heterocycles. The summed E-state index contributed by atoms with van der Waals surface area (Å²) in [5.74, 6) is 0.924. The van der Waals surface area contributed by atoms with E-state index in [9.17, 15) is 4.79 Å². The standard InChI is InChI=1S/C14H18N2O2S/c15-7-1-6-14(17)16(10-12-4-2-8-18-12)11-13-5-3-9-19-13/h2-5,8-9H,1,6-7,10-11,15H2. The number of nitrogens with two attached hydrogens (primary N) is 1. The summed E-state index contributed by atoms with van der Waals surface area (Å²) < 4.78 is 5.32. The van der Waals surface area contributed by atoms with Gasteiger partial charge in [0.05, 0.1) is 19.4 Å². The molecule has 2 aromatic heterocycles. The van der Waals surface area contributed by atoms with Crippen molar-refractivity contribution in [2.45, 2.75) is 25.9 Å². The van der Waals surface area contributed by atoms with Crippen molar-refractivity contribution in [2.24, 2.45) is 5.73 Å². The van der Waals surface area contributed by atoms with E-state index in [2.05, 4.69) is 0 Å². The molecule has 0 unspecified atom stereocenters. The first-order valence-electron chi connectivity index (χ1n) is 6.32. The van der Waals surface area contributed by atoms with Crippen molar-refractivity contribution in [1.82, 2.24) is 4.90 Å². The highest BCUT2D eigenvalue weighted by molar-refractivity contribution is 7.09. The molecular formula is C14H18N2O2S. The van der Waals surface area contributed by atoms with E-state index in [-0.39, 0.29) is 5.91 Å². The van der Waals surface area contributed by atoms with Gasteiger partial charge in [-0.05, 0) is 36.5 Å². The van der Waals surface area contributed by atoms with E-state index in [1.807, 2.05) is 34.5 Å². The van der Waals surface area contributed by atoms with Crippen LogP contribution in [0.2, 0.25) is 0 Å². The van der Waals surface area contributed by atoms with Crippen LogP contribution in [0.15, 0.2) is 40.3 Å². The Kier molecular flexibility index (Phi) is 5.18. The topological polar surface area (TPSA) is 59.5 Å². The van der Waals surface area contributed by atoms with Gasteiger partial charge in [0, 0.05) is 11.3 Å². The highest BCUT2D eigenvalue weighted by Gasteiger charge is 2.15. The number of furan rings is 1. The van der Waals surface area contributed by atoms with Crippen molar-refractivity contribution in [1.29, 1.82) is 0 Å². The van der Waals surface area contributed by atoms with Gasteiger partial charge in [-0.2, -0.15) is 0 Å². The number of nitrogens with zero attached hydrogens (tertiary/aromatic N) is 1. The van der Waals surface area contributed by atoms with E-state index in [1.54, 1.807) is 17.6 Å². The predicted octanol–water partition coefficient (Wildman–Crippen LogP) is 2.61. The lowest BCUT2D eigenvalue weighted by molar-refractivity contribution is -0.132. The fourth-order valence-corrected chi connectivity index (χ4v) is 2.54. The van der Waals surface area contributed by atoms with E-state index in [0.29, 0.717) is 26.1 Å². The second-order valence-corrected chi connectivity index (χ2v) is 5.33. The molecule has 1 amide bonds. The quantitative estimate of drug-likeness (QED) is 0.847. The second-order valence-electron chi connectivity index (χ2n) is 4.30. The zero-order valence-electron chi connectivity index (χ0n) is 10.7. The number of hydrogen-bond donors (Lipinski definition) is 1. The maximum absolute atomic E-state index is 12.2. The smallest absolute Gasteiger partial charge is 0.223 e. The average molecular weight is 278 g/mol. The van der Waals surface area contributed by atoms with Crippen LogP contribution in [0.1, 0.15) is 23.5 Å². The summed E-state index contributed by atoms with van der Waals surface area (Å²) in [6.07, 6.45) is 2.84. The Morgan fingerprint density at radius 3 is 2.84 bits per heavy atom. The summed E-state index contributed by atoms with van der Waals surface area (Å²) in [5, 5.41) is 2.02. The Bertz CT molecular complexity index is 443. The Balaban J connectivity index is 2.01. The van der Waals surface area contributed by atoms with Gasteiger partial charge < -0.3 is 15.1 Å². The molecule has 0 fully saturated rings. The third-order valence-electron chi connectivity index (χ3n) is 2.80. The van der Waals surface area contributed by atoms with Gasteiger partial charge >= 0.3 is 0 Å². The third-order valence-corrected chi connectivity index (χ3v) is 3.66. The lowest BCUT2D eigenvalue weighted by Crippen LogP contribution is -2.29. The van der Waals surface area contributed by atoms with E-state index in [4.69, 9.17) is 10.2 Å². The summed E-state index contributed by atoms with van der Waals surface area (Å²) in [7, 11) is 0. The van der Waals surface area contributed by atoms with Crippen molar-refractivity contribution in [3.05, 3.63) is 46.5 Å². The lowest BCUT2D eigenvalue weighted by atomic mass is 10.2. The van der Waals surface area contributed by atoms with Gasteiger partial charge in [-0.1, -0.05) is 6.07 Å². The first-order chi connectivity index (χ1) is 9.29. The SMILES string of the molecule is NCCCC(=O)N(Cc1ccco1)Cc1cccs1. The summed E-state index contributed by atoms with van der Waals surface area (Å²) in [6, 6.07) is 7.76. The van der Waals surface area contributed by atoms with Crippen molar-refractivity contribution in [2.75, 3.05) is 6.54 Å². The highest BCUT2D eigenvalue weighted by Crippen LogP contribution is 2.16. The monoisotopic (exact) mass is 278 g/mol. The first kappa shape index (κ1) is 13.8. The molecule has 0 radical (unpaired) electrons. The number of carbonyl (C=O) groups is 1. The van der Waals surface area contributed by atoms with Crippen molar-refractivity contribution in [3.63, 3.8) is 0 Å². The summed E-state index contributed by atoms with van der Waals surface area (Å²) >= 11 is 1.66. The number of amides is 1. The molecule has 4 nitrogen and oxygen atoms in total. The molecule has 0 bridgehead atoms. The highest BCUT2D eigenvalue weighted by atomic mass is 32.1. The number of carbonyl (C=O) groups excluding carboxylic acids is 1. The van der Waals surface area contributed by atoms with Crippen LogP contribution >= 0.6 is 11.3 Å². The van der Waals surface area contributed by atoms with Gasteiger partial charge in [0.1, 0.15) is 5.76 Å². The van der Waals surface area contributed by atoms with E-state index in [0.717, 1.165) is 12.2 Å². The molecule has 0 aliphatic rings. The van der Waals surface area contributed by atoms with E-state index in [1.165, 1.54) is 4.88 Å². The third kappa shape index (κ3) is 4.22. The van der Waals surface area contributed by atoms with Crippen LogP contribution in [-0.2, 0) is 17.9 Å². The molecule has 2 aromatic rings. The predicted molar refractivity (Wildman–Crippen MR) is 75.6 cm³/mol. The molecule has 0 spiro atoms.